The number of aromatic nitrogens is 1. The summed E-state index contributed by atoms with van der Waals surface area (Å²) < 4.78 is 40.0. The third-order valence-electron chi connectivity index (χ3n) is 2.76. The monoisotopic (exact) mass is 330 g/mol. The minimum atomic E-state index is -4.71. The Morgan fingerprint density at radius 1 is 1.32 bits per heavy atom. The Labute approximate surface area is 129 Å². The highest BCUT2D eigenvalue weighted by molar-refractivity contribution is 7.09. The molecule has 0 bridgehead atoms. The third-order valence-corrected chi connectivity index (χ3v) is 3.54. The van der Waals surface area contributed by atoms with Crippen LogP contribution in [0.5, 0.6) is 5.75 Å². The molecule has 22 heavy (non-hydrogen) atoms. The lowest BCUT2D eigenvalue weighted by molar-refractivity contribution is -0.274. The molecule has 1 aromatic heterocycles. The zero-order valence-electron chi connectivity index (χ0n) is 11.8. The molecule has 0 unspecified atom stereocenters. The highest BCUT2D eigenvalue weighted by Crippen LogP contribution is 2.23. The van der Waals surface area contributed by atoms with Crippen molar-refractivity contribution >= 4 is 17.2 Å². The predicted octanol–water partition coefficient (Wildman–Crippen LogP) is 3.62. The average molecular weight is 330 g/mol. The molecule has 0 aliphatic rings. The molecule has 1 heterocycles. The normalized spacial score (nSPS) is 11.3. The largest absolute Gasteiger partial charge is 0.573 e. The first-order valence-electron chi connectivity index (χ1n) is 6.27. The van der Waals surface area contributed by atoms with Gasteiger partial charge in [-0.1, -0.05) is 12.1 Å². The van der Waals surface area contributed by atoms with Crippen molar-refractivity contribution in [3.63, 3.8) is 0 Å². The van der Waals surface area contributed by atoms with Crippen LogP contribution in [0, 0.1) is 6.92 Å². The highest BCUT2D eigenvalue weighted by atomic mass is 32.1. The number of rotatable bonds is 4. The van der Waals surface area contributed by atoms with Crippen LogP contribution in [-0.4, -0.2) is 29.2 Å². The number of thiazole rings is 1. The summed E-state index contributed by atoms with van der Waals surface area (Å²) in [6, 6.07) is 5.40. The molecule has 4 nitrogen and oxygen atoms in total. The number of amides is 1. The molecule has 0 radical (unpaired) electrons. The molecule has 0 aliphatic heterocycles. The van der Waals surface area contributed by atoms with Gasteiger partial charge in [0.15, 0.2) is 0 Å². The number of nitrogens with zero attached hydrogens (tertiary/aromatic N) is 2. The van der Waals surface area contributed by atoms with Gasteiger partial charge in [0.25, 0.3) is 5.91 Å². The van der Waals surface area contributed by atoms with E-state index >= 15 is 0 Å². The SMILES string of the molecule is Cc1nc(C(=O)N(C)Cc2ccc(OC(F)(F)F)cc2)cs1. The summed E-state index contributed by atoms with van der Waals surface area (Å²) in [5.41, 5.74) is 1.05. The Morgan fingerprint density at radius 2 is 1.95 bits per heavy atom. The van der Waals surface area contributed by atoms with E-state index in [1.807, 2.05) is 0 Å². The molecule has 0 spiro atoms. The number of hydrogen-bond donors (Lipinski definition) is 0. The summed E-state index contributed by atoms with van der Waals surface area (Å²) in [4.78, 5) is 17.7. The minimum Gasteiger partial charge on any atom is -0.406 e. The molecule has 0 N–H and O–H groups in total. The first-order valence-corrected chi connectivity index (χ1v) is 7.15. The van der Waals surface area contributed by atoms with Gasteiger partial charge in [0.05, 0.1) is 5.01 Å². The van der Waals surface area contributed by atoms with Gasteiger partial charge in [-0.25, -0.2) is 4.98 Å². The summed E-state index contributed by atoms with van der Waals surface area (Å²) >= 11 is 1.38. The van der Waals surface area contributed by atoms with Gasteiger partial charge >= 0.3 is 6.36 Å². The Bertz CT molecular complexity index is 653. The highest BCUT2D eigenvalue weighted by Gasteiger charge is 2.30. The summed E-state index contributed by atoms with van der Waals surface area (Å²) in [6.07, 6.45) is -4.71. The van der Waals surface area contributed by atoms with Crippen LogP contribution in [0.4, 0.5) is 13.2 Å². The number of halogens is 3. The first kappa shape index (κ1) is 16.3. The van der Waals surface area contributed by atoms with E-state index in [-0.39, 0.29) is 18.2 Å². The van der Waals surface area contributed by atoms with Crippen molar-refractivity contribution in [3.8, 4) is 5.75 Å². The summed E-state index contributed by atoms with van der Waals surface area (Å²) in [7, 11) is 1.61. The lowest BCUT2D eigenvalue weighted by atomic mass is 10.2. The number of ether oxygens (including phenoxy) is 1. The number of carbonyl (C=O) groups is 1. The van der Waals surface area contributed by atoms with Gasteiger partial charge in [0.1, 0.15) is 11.4 Å². The molecule has 8 heteroatoms. The van der Waals surface area contributed by atoms with Crippen LogP contribution in [0.1, 0.15) is 21.1 Å². The van der Waals surface area contributed by atoms with Crippen LogP contribution >= 0.6 is 11.3 Å². The fourth-order valence-corrected chi connectivity index (χ4v) is 2.39. The second-order valence-corrected chi connectivity index (χ2v) is 5.67. The molecule has 0 atom stereocenters. The van der Waals surface area contributed by atoms with Crippen molar-refractivity contribution in [2.24, 2.45) is 0 Å². The molecule has 0 aliphatic carbocycles. The van der Waals surface area contributed by atoms with Crippen molar-refractivity contribution in [3.05, 3.63) is 45.9 Å². The quantitative estimate of drug-likeness (QED) is 0.860. The van der Waals surface area contributed by atoms with Crippen LogP contribution in [0.25, 0.3) is 0 Å². The molecule has 1 amide bonds. The van der Waals surface area contributed by atoms with Crippen molar-refractivity contribution in [2.45, 2.75) is 19.8 Å². The van der Waals surface area contributed by atoms with Gasteiger partial charge in [-0.05, 0) is 24.6 Å². The Morgan fingerprint density at radius 3 is 2.45 bits per heavy atom. The first-order chi connectivity index (χ1) is 10.2. The van der Waals surface area contributed by atoms with E-state index < -0.39 is 6.36 Å². The molecule has 0 fully saturated rings. The summed E-state index contributed by atoms with van der Waals surface area (Å²) in [5, 5.41) is 2.47. The smallest absolute Gasteiger partial charge is 0.406 e. The predicted molar refractivity (Wildman–Crippen MR) is 75.8 cm³/mol. The molecular formula is C14H13F3N2O2S. The lowest BCUT2D eigenvalue weighted by Crippen LogP contribution is -2.26. The number of aryl methyl sites for hydroxylation is 1. The fraction of sp³-hybridized carbons (Fsp3) is 0.286. The van der Waals surface area contributed by atoms with E-state index in [0.717, 1.165) is 5.01 Å². The number of carbonyl (C=O) groups excluding carboxylic acids is 1. The maximum atomic E-state index is 12.1. The Kier molecular flexibility index (Phi) is 4.70. The summed E-state index contributed by atoms with van der Waals surface area (Å²) in [5.74, 6) is -0.527. The van der Waals surface area contributed by atoms with Gasteiger partial charge in [-0.2, -0.15) is 0 Å². The Balaban J connectivity index is 1.99. The van der Waals surface area contributed by atoms with Crippen LogP contribution in [-0.2, 0) is 6.54 Å². The molecule has 2 rings (SSSR count). The Hall–Kier alpha value is -2.09. The van der Waals surface area contributed by atoms with Crippen LogP contribution in [0.3, 0.4) is 0 Å². The molecular weight excluding hydrogens is 317 g/mol. The van der Waals surface area contributed by atoms with Crippen molar-refractivity contribution in [1.29, 1.82) is 0 Å². The number of hydrogen-bond acceptors (Lipinski definition) is 4. The second kappa shape index (κ2) is 6.35. The zero-order valence-corrected chi connectivity index (χ0v) is 12.7. The van der Waals surface area contributed by atoms with E-state index in [0.29, 0.717) is 11.3 Å². The minimum absolute atomic E-state index is 0.236. The topological polar surface area (TPSA) is 42.4 Å². The van der Waals surface area contributed by atoms with E-state index in [2.05, 4.69) is 9.72 Å². The van der Waals surface area contributed by atoms with Crippen LogP contribution < -0.4 is 4.74 Å². The van der Waals surface area contributed by atoms with Crippen molar-refractivity contribution in [1.82, 2.24) is 9.88 Å². The lowest BCUT2D eigenvalue weighted by Gasteiger charge is -2.16. The number of benzene rings is 1. The summed E-state index contributed by atoms with van der Waals surface area (Å²) in [6.45, 7) is 2.07. The van der Waals surface area contributed by atoms with Gasteiger partial charge in [0, 0.05) is 19.0 Å². The standard InChI is InChI=1S/C14H13F3N2O2S/c1-9-18-12(8-22-9)13(20)19(2)7-10-3-5-11(6-4-10)21-14(15,16)17/h3-6,8H,7H2,1-2H3. The van der Waals surface area contributed by atoms with E-state index in [1.54, 1.807) is 19.4 Å². The maximum Gasteiger partial charge on any atom is 0.573 e. The maximum absolute atomic E-state index is 12.1. The van der Waals surface area contributed by atoms with E-state index in [9.17, 15) is 18.0 Å². The van der Waals surface area contributed by atoms with Crippen LogP contribution in [0.15, 0.2) is 29.6 Å². The molecule has 1 aromatic carbocycles. The van der Waals surface area contributed by atoms with Gasteiger partial charge in [0.2, 0.25) is 0 Å². The number of alkyl halides is 3. The van der Waals surface area contributed by atoms with Gasteiger partial charge in [-0.15, -0.1) is 24.5 Å². The van der Waals surface area contributed by atoms with Crippen molar-refractivity contribution < 1.29 is 22.7 Å². The van der Waals surface area contributed by atoms with Gasteiger partial charge < -0.3 is 9.64 Å². The van der Waals surface area contributed by atoms with Crippen LogP contribution in [0.2, 0.25) is 0 Å². The zero-order chi connectivity index (χ0) is 16.3. The average Bonchev–Trinajstić information content (AvgIpc) is 2.85. The molecule has 118 valence electrons. The fourth-order valence-electron chi connectivity index (χ4n) is 1.80. The molecule has 0 saturated heterocycles. The van der Waals surface area contributed by atoms with Gasteiger partial charge in [-0.3, -0.25) is 4.79 Å². The molecule has 0 saturated carbocycles. The molecule has 2 aromatic rings. The third kappa shape index (κ3) is 4.45. The second-order valence-electron chi connectivity index (χ2n) is 4.60. The van der Waals surface area contributed by atoms with E-state index in [1.165, 1.54) is 40.5 Å². The van der Waals surface area contributed by atoms with Crippen molar-refractivity contribution in [2.75, 3.05) is 7.05 Å². The van der Waals surface area contributed by atoms with E-state index in [4.69, 9.17) is 0 Å².